The zero-order valence-corrected chi connectivity index (χ0v) is 7.77. The second-order valence-electron chi connectivity index (χ2n) is 2.86. The maximum Gasteiger partial charge on any atom is 0.338 e. The smallest absolute Gasteiger partial charge is 0.338 e. The minimum atomic E-state index is -0.382. The van der Waals surface area contributed by atoms with Crippen molar-refractivity contribution in [3.8, 4) is 0 Å². The quantitative estimate of drug-likeness (QED) is 0.637. The van der Waals surface area contributed by atoms with Gasteiger partial charge in [-0.2, -0.15) is 0 Å². The van der Waals surface area contributed by atoms with Crippen molar-refractivity contribution in [3.05, 3.63) is 23.3 Å². The number of methoxy groups -OCH3 is 1. The maximum atomic E-state index is 11.3. The third-order valence-corrected chi connectivity index (χ3v) is 2.09. The van der Waals surface area contributed by atoms with Crippen molar-refractivity contribution in [3.63, 3.8) is 0 Å². The molecule has 1 heterocycles. The van der Waals surface area contributed by atoms with E-state index in [1.807, 2.05) is 0 Å². The molecule has 5 heteroatoms. The molecule has 0 aliphatic carbocycles. The van der Waals surface area contributed by atoms with E-state index in [1.54, 1.807) is 19.1 Å². The topological polar surface area (TPSA) is 65.2 Å². The van der Waals surface area contributed by atoms with Crippen LogP contribution in [0.25, 0.3) is 11.0 Å². The summed E-state index contributed by atoms with van der Waals surface area (Å²) < 4.78 is 9.19. The molecule has 0 fully saturated rings. The summed E-state index contributed by atoms with van der Waals surface area (Å²) >= 11 is 0. The van der Waals surface area contributed by atoms with Gasteiger partial charge in [0.25, 0.3) is 0 Å². The molecular formula is C9H8N2O3. The molecule has 0 aliphatic rings. The Morgan fingerprint density at radius 1 is 1.43 bits per heavy atom. The third kappa shape index (κ3) is 1.14. The first kappa shape index (κ1) is 8.68. The Hall–Kier alpha value is -1.91. The number of hydrogen-bond donors (Lipinski definition) is 0. The number of carbonyl (C=O) groups is 1. The number of benzene rings is 1. The molecule has 0 atom stereocenters. The van der Waals surface area contributed by atoms with Gasteiger partial charge in [0.2, 0.25) is 0 Å². The Bertz CT molecular complexity index is 490. The van der Waals surface area contributed by atoms with Crippen molar-refractivity contribution in [2.45, 2.75) is 6.92 Å². The lowest BCUT2D eigenvalue weighted by Crippen LogP contribution is -2.03. The fourth-order valence-electron chi connectivity index (χ4n) is 1.31. The minimum Gasteiger partial charge on any atom is -0.465 e. The summed E-state index contributed by atoms with van der Waals surface area (Å²) in [5.74, 6) is -0.382. The lowest BCUT2D eigenvalue weighted by atomic mass is 10.1. The van der Waals surface area contributed by atoms with E-state index in [1.165, 1.54) is 7.11 Å². The van der Waals surface area contributed by atoms with Gasteiger partial charge in [-0.1, -0.05) is 0 Å². The molecule has 0 aliphatic heterocycles. The van der Waals surface area contributed by atoms with Crippen LogP contribution in [-0.4, -0.2) is 23.4 Å². The summed E-state index contributed by atoms with van der Waals surface area (Å²) in [4.78, 5) is 11.3. The van der Waals surface area contributed by atoms with E-state index in [-0.39, 0.29) is 5.97 Å². The highest BCUT2D eigenvalue weighted by atomic mass is 16.6. The number of fused-ring (bicyclic) bond motifs is 1. The minimum absolute atomic E-state index is 0.382. The highest BCUT2D eigenvalue weighted by Gasteiger charge is 2.13. The Kier molecular flexibility index (Phi) is 1.92. The average molecular weight is 192 g/mol. The summed E-state index contributed by atoms with van der Waals surface area (Å²) in [6.07, 6.45) is 0. The number of esters is 1. The van der Waals surface area contributed by atoms with Gasteiger partial charge in [0.05, 0.1) is 12.7 Å². The molecule has 2 aromatic rings. The van der Waals surface area contributed by atoms with E-state index in [2.05, 4.69) is 19.7 Å². The largest absolute Gasteiger partial charge is 0.465 e. The first-order valence-electron chi connectivity index (χ1n) is 4.04. The van der Waals surface area contributed by atoms with Gasteiger partial charge >= 0.3 is 5.97 Å². The van der Waals surface area contributed by atoms with E-state index < -0.39 is 0 Å². The van der Waals surface area contributed by atoms with Crippen molar-refractivity contribution in [2.24, 2.45) is 0 Å². The number of rotatable bonds is 1. The van der Waals surface area contributed by atoms with Crippen LogP contribution in [0.2, 0.25) is 0 Å². The second kappa shape index (κ2) is 3.10. The Morgan fingerprint density at radius 2 is 2.21 bits per heavy atom. The first-order valence-corrected chi connectivity index (χ1v) is 4.04. The fraction of sp³-hybridized carbons (Fsp3) is 0.222. The van der Waals surface area contributed by atoms with Crippen LogP contribution < -0.4 is 0 Å². The summed E-state index contributed by atoms with van der Waals surface area (Å²) in [5.41, 5.74) is 2.43. The normalized spacial score (nSPS) is 10.4. The standard InChI is InChI=1S/C9H8N2O3/c1-5-6(9(12)13-2)3-4-7-8(5)11-14-10-7/h3-4H,1-2H3. The molecule has 0 spiro atoms. The zero-order chi connectivity index (χ0) is 10.1. The molecule has 1 aromatic carbocycles. The predicted octanol–water partition coefficient (Wildman–Crippen LogP) is 1.32. The molecule has 0 bridgehead atoms. The van der Waals surface area contributed by atoms with Gasteiger partial charge in [0.15, 0.2) is 0 Å². The van der Waals surface area contributed by atoms with Crippen LogP contribution in [-0.2, 0) is 4.74 Å². The van der Waals surface area contributed by atoms with Crippen molar-refractivity contribution in [2.75, 3.05) is 7.11 Å². The van der Waals surface area contributed by atoms with Crippen LogP contribution in [0, 0.1) is 6.92 Å². The molecule has 72 valence electrons. The number of aryl methyl sites for hydroxylation is 1. The Morgan fingerprint density at radius 3 is 2.93 bits per heavy atom. The molecule has 0 N–H and O–H groups in total. The van der Waals surface area contributed by atoms with Crippen LogP contribution in [0.4, 0.5) is 0 Å². The van der Waals surface area contributed by atoms with Crippen molar-refractivity contribution in [1.29, 1.82) is 0 Å². The molecule has 0 amide bonds. The van der Waals surface area contributed by atoms with Crippen LogP contribution in [0.5, 0.6) is 0 Å². The predicted molar refractivity (Wildman–Crippen MR) is 47.9 cm³/mol. The van der Waals surface area contributed by atoms with Gasteiger partial charge in [-0.15, -0.1) is 0 Å². The highest BCUT2D eigenvalue weighted by Crippen LogP contribution is 2.18. The fourth-order valence-corrected chi connectivity index (χ4v) is 1.31. The third-order valence-electron chi connectivity index (χ3n) is 2.09. The summed E-state index contributed by atoms with van der Waals surface area (Å²) in [7, 11) is 1.34. The van der Waals surface area contributed by atoms with E-state index in [9.17, 15) is 4.79 Å². The number of ether oxygens (including phenoxy) is 1. The Balaban J connectivity index is 2.67. The molecule has 2 rings (SSSR count). The monoisotopic (exact) mass is 192 g/mol. The van der Waals surface area contributed by atoms with Gasteiger partial charge < -0.3 is 4.74 Å². The van der Waals surface area contributed by atoms with Gasteiger partial charge in [-0.3, -0.25) is 0 Å². The van der Waals surface area contributed by atoms with Crippen LogP contribution in [0.1, 0.15) is 15.9 Å². The van der Waals surface area contributed by atoms with Gasteiger partial charge in [0.1, 0.15) is 11.0 Å². The van der Waals surface area contributed by atoms with Crippen molar-refractivity contribution in [1.82, 2.24) is 10.3 Å². The molecule has 14 heavy (non-hydrogen) atoms. The van der Waals surface area contributed by atoms with Crippen LogP contribution in [0.15, 0.2) is 16.8 Å². The molecule has 0 radical (unpaired) electrons. The molecule has 0 saturated carbocycles. The zero-order valence-electron chi connectivity index (χ0n) is 7.77. The molecular weight excluding hydrogens is 184 g/mol. The first-order chi connectivity index (χ1) is 6.74. The van der Waals surface area contributed by atoms with E-state index in [0.717, 1.165) is 5.56 Å². The molecule has 5 nitrogen and oxygen atoms in total. The number of aromatic nitrogens is 2. The number of nitrogens with zero attached hydrogens (tertiary/aromatic N) is 2. The van der Waals surface area contributed by atoms with Crippen LogP contribution >= 0.6 is 0 Å². The van der Waals surface area contributed by atoms with Crippen LogP contribution in [0.3, 0.4) is 0 Å². The molecule has 0 saturated heterocycles. The summed E-state index contributed by atoms with van der Waals surface area (Å²) in [6, 6.07) is 3.32. The Labute approximate surface area is 79.6 Å². The maximum absolute atomic E-state index is 11.3. The van der Waals surface area contributed by atoms with Gasteiger partial charge in [-0.05, 0) is 34.9 Å². The van der Waals surface area contributed by atoms with E-state index >= 15 is 0 Å². The molecule has 1 aromatic heterocycles. The summed E-state index contributed by atoms with van der Waals surface area (Å²) in [6.45, 7) is 1.78. The highest BCUT2D eigenvalue weighted by molar-refractivity contribution is 5.96. The lowest BCUT2D eigenvalue weighted by molar-refractivity contribution is 0.0600. The summed E-state index contributed by atoms with van der Waals surface area (Å²) in [5, 5.41) is 7.37. The van der Waals surface area contributed by atoms with E-state index in [0.29, 0.717) is 16.6 Å². The van der Waals surface area contributed by atoms with Crippen molar-refractivity contribution >= 4 is 17.0 Å². The van der Waals surface area contributed by atoms with E-state index in [4.69, 9.17) is 0 Å². The van der Waals surface area contributed by atoms with Crippen molar-refractivity contribution < 1.29 is 14.2 Å². The second-order valence-corrected chi connectivity index (χ2v) is 2.86. The SMILES string of the molecule is COC(=O)c1ccc2nonc2c1C. The molecule has 0 unspecified atom stereocenters. The van der Waals surface area contributed by atoms with Gasteiger partial charge in [0, 0.05) is 0 Å². The number of carbonyl (C=O) groups excluding carboxylic acids is 1. The van der Waals surface area contributed by atoms with Gasteiger partial charge in [-0.25, -0.2) is 9.42 Å². The lowest BCUT2D eigenvalue weighted by Gasteiger charge is -2.01. The number of hydrogen-bond acceptors (Lipinski definition) is 5. The average Bonchev–Trinajstić information content (AvgIpc) is 2.66.